The molecule has 1 unspecified atom stereocenters. The summed E-state index contributed by atoms with van der Waals surface area (Å²) >= 11 is 5.84. The van der Waals surface area contributed by atoms with Crippen LogP contribution in [0.15, 0.2) is 37.0 Å². The van der Waals surface area contributed by atoms with Gasteiger partial charge in [-0.1, -0.05) is 30.3 Å². The number of nitrogens with one attached hydrogen (secondary N) is 2. The molecule has 0 aliphatic heterocycles. The fourth-order valence-electron chi connectivity index (χ4n) is 0.910. The van der Waals surface area contributed by atoms with Crippen molar-refractivity contribution in [2.75, 3.05) is 11.1 Å². The van der Waals surface area contributed by atoms with Crippen LogP contribution in [0.2, 0.25) is 0 Å². The number of halogens is 1. The zero-order valence-corrected chi connectivity index (χ0v) is 7.88. The molecule has 3 nitrogen and oxygen atoms in total. The first-order valence-electron chi connectivity index (χ1n) is 3.86. The average Bonchev–Trinajstić information content (AvgIpc) is 2.09. The molecule has 1 atom stereocenters. The number of hydrogen-bond acceptors (Lipinski definition) is 3. The van der Waals surface area contributed by atoms with E-state index in [1.165, 1.54) is 6.20 Å². The normalized spacial score (nSPS) is 11.8. The van der Waals surface area contributed by atoms with Gasteiger partial charge in [0.25, 0.3) is 0 Å². The van der Waals surface area contributed by atoms with E-state index in [4.69, 9.17) is 17.3 Å². The summed E-state index contributed by atoms with van der Waals surface area (Å²) in [6, 6.07) is 7.41. The molecule has 0 aliphatic rings. The Labute approximate surface area is 82.6 Å². The Balaban J connectivity index is 2.63. The van der Waals surface area contributed by atoms with Crippen LogP contribution in [-0.2, 0) is 0 Å². The molecule has 1 aromatic carbocycles. The number of para-hydroxylation sites is 2. The standard InChI is InChI=1S/C9H12ClN3/c1-2-12-9(10)13-8-6-4-3-5-7(8)11/h2-6,9,12-13H,1,11H2. The van der Waals surface area contributed by atoms with Gasteiger partial charge in [-0.3, -0.25) is 0 Å². The molecule has 0 saturated heterocycles. The number of hydrogen-bond donors (Lipinski definition) is 3. The van der Waals surface area contributed by atoms with Crippen molar-refractivity contribution in [1.29, 1.82) is 0 Å². The minimum atomic E-state index is -0.401. The minimum absolute atomic E-state index is 0.401. The summed E-state index contributed by atoms with van der Waals surface area (Å²) < 4.78 is 0. The van der Waals surface area contributed by atoms with Crippen molar-refractivity contribution >= 4 is 23.0 Å². The van der Waals surface area contributed by atoms with Crippen LogP contribution in [0.3, 0.4) is 0 Å². The van der Waals surface area contributed by atoms with Crippen LogP contribution in [0.25, 0.3) is 0 Å². The van der Waals surface area contributed by atoms with Crippen molar-refractivity contribution in [2.24, 2.45) is 0 Å². The van der Waals surface area contributed by atoms with Gasteiger partial charge in [0.1, 0.15) is 0 Å². The summed E-state index contributed by atoms with van der Waals surface area (Å²) in [6.45, 7) is 3.50. The van der Waals surface area contributed by atoms with Gasteiger partial charge in [0.2, 0.25) is 0 Å². The Bertz CT molecular complexity index is 288. The number of anilines is 2. The molecule has 0 spiro atoms. The Morgan fingerprint density at radius 3 is 2.77 bits per heavy atom. The van der Waals surface area contributed by atoms with Gasteiger partial charge in [-0.15, -0.1) is 0 Å². The second-order valence-electron chi connectivity index (χ2n) is 2.46. The Morgan fingerprint density at radius 2 is 2.15 bits per heavy atom. The molecule has 1 aromatic rings. The second-order valence-corrected chi connectivity index (χ2v) is 2.90. The molecule has 0 fully saturated rings. The monoisotopic (exact) mass is 197 g/mol. The summed E-state index contributed by atoms with van der Waals surface area (Å²) in [6.07, 6.45) is 1.52. The minimum Gasteiger partial charge on any atom is -0.397 e. The summed E-state index contributed by atoms with van der Waals surface area (Å²) in [7, 11) is 0. The predicted octanol–water partition coefficient (Wildman–Crippen LogP) is 1.94. The Hall–Kier alpha value is -1.35. The van der Waals surface area contributed by atoms with E-state index >= 15 is 0 Å². The maximum Gasteiger partial charge on any atom is 0.174 e. The van der Waals surface area contributed by atoms with Crippen molar-refractivity contribution in [2.45, 2.75) is 5.62 Å². The third-order valence-electron chi connectivity index (χ3n) is 1.51. The van der Waals surface area contributed by atoms with Gasteiger partial charge in [0, 0.05) is 0 Å². The molecule has 1 rings (SSSR count). The molecular weight excluding hydrogens is 186 g/mol. The lowest BCUT2D eigenvalue weighted by Gasteiger charge is -2.14. The maximum atomic E-state index is 5.84. The van der Waals surface area contributed by atoms with Gasteiger partial charge in [-0.2, -0.15) is 0 Å². The molecule has 4 heteroatoms. The molecule has 4 N–H and O–H groups in total. The van der Waals surface area contributed by atoms with E-state index in [2.05, 4.69) is 17.2 Å². The molecule has 0 bridgehead atoms. The summed E-state index contributed by atoms with van der Waals surface area (Å²) in [5, 5.41) is 5.75. The number of benzene rings is 1. The van der Waals surface area contributed by atoms with Crippen LogP contribution in [0.1, 0.15) is 0 Å². The van der Waals surface area contributed by atoms with Gasteiger partial charge in [-0.25, -0.2) is 0 Å². The lowest BCUT2D eigenvalue weighted by molar-refractivity contribution is 0.861. The number of nitrogens with two attached hydrogens (primary N) is 1. The molecule has 13 heavy (non-hydrogen) atoms. The van der Waals surface area contributed by atoms with Crippen LogP contribution in [0.4, 0.5) is 11.4 Å². The summed E-state index contributed by atoms with van der Waals surface area (Å²) in [5.41, 5.74) is 6.76. The molecule has 0 radical (unpaired) electrons. The van der Waals surface area contributed by atoms with Crippen LogP contribution in [0.5, 0.6) is 0 Å². The molecule has 0 heterocycles. The highest BCUT2D eigenvalue weighted by Gasteiger charge is 2.02. The number of nitrogen functional groups attached to an aromatic ring is 1. The average molecular weight is 198 g/mol. The fourth-order valence-corrected chi connectivity index (χ4v) is 1.12. The quantitative estimate of drug-likeness (QED) is 0.299. The second kappa shape index (κ2) is 4.62. The topological polar surface area (TPSA) is 50.1 Å². The highest BCUT2D eigenvalue weighted by Crippen LogP contribution is 2.17. The van der Waals surface area contributed by atoms with Gasteiger partial charge < -0.3 is 16.4 Å². The van der Waals surface area contributed by atoms with Crippen LogP contribution < -0.4 is 16.4 Å². The lowest BCUT2D eigenvalue weighted by Crippen LogP contribution is -2.26. The van der Waals surface area contributed by atoms with E-state index in [1.54, 1.807) is 6.07 Å². The highest BCUT2D eigenvalue weighted by atomic mass is 35.5. The summed E-state index contributed by atoms with van der Waals surface area (Å²) in [4.78, 5) is 0. The maximum absolute atomic E-state index is 5.84. The van der Waals surface area contributed by atoms with E-state index < -0.39 is 5.62 Å². The smallest absolute Gasteiger partial charge is 0.174 e. The van der Waals surface area contributed by atoms with Gasteiger partial charge in [0.05, 0.1) is 11.4 Å². The molecule has 0 amide bonds. The molecule has 0 aliphatic carbocycles. The third kappa shape index (κ3) is 2.87. The zero-order chi connectivity index (χ0) is 9.68. The first kappa shape index (κ1) is 9.74. The van der Waals surface area contributed by atoms with Gasteiger partial charge >= 0.3 is 0 Å². The largest absolute Gasteiger partial charge is 0.397 e. The zero-order valence-electron chi connectivity index (χ0n) is 7.13. The third-order valence-corrected chi connectivity index (χ3v) is 1.74. The van der Waals surface area contributed by atoms with E-state index in [0.29, 0.717) is 5.69 Å². The van der Waals surface area contributed by atoms with Crippen molar-refractivity contribution in [3.05, 3.63) is 37.0 Å². The van der Waals surface area contributed by atoms with Crippen LogP contribution in [0, 0.1) is 0 Å². The van der Waals surface area contributed by atoms with Crippen LogP contribution in [-0.4, -0.2) is 5.62 Å². The first-order chi connectivity index (χ1) is 6.24. The van der Waals surface area contributed by atoms with Gasteiger partial charge in [0.15, 0.2) is 5.62 Å². The molecular formula is C9H12ClN3. The van der Waals surface area contributed by atoms with Crippen molar-refractivity contribution in [3.8, 4) is 0 Å². The molecule has 0 saturated carbocycles. The van der Waals surface area contributed by atoms with E-state index in [0.717, 1.165) is 5.69 Å². The Morgan fingerprint density at radius 1 is 1.46 bits per heavy atom. The van der Waals surface area contributed by atoms with E-state index in [-0.39, 0.29) is 0 Å². The fraction of sp³-hybridized carbons (Fsp3) is 0.111. The number of alkyl halides is 1. The Kier molecular flexibility index (Phi) is 3.46. The SMILES string of the molecule is C=CNC(Cl)Nc1ccccc1N. The van der Waals surface area contributed by atoms with Crippen LogP contribution >= 0.6 is 11.6 Å². The summed E-state index contributed by atoms with van der Waals surface area (Å²) in [5.74, 6) is 0. The molecule has 70 valence electrons. The first-order valence-corrected chi connectivity index (χ1v) is 4.29. The van der Waals surface area contributed by atoms with E-state index in [1.807, 2.05) is 18.2 Å². The number of rotatable bonds is 4. The molecule has 0 aromatic heterocycles. The van der Waals surface area contributed by atoms with Crippen molar-refractivity contribution in [1.82, 2.24) is 5.32 Å². The van der Waals surface area contributed by atoms with Crippen molar-refractivity contribution in [3.63, 3.8) is 0 Å². The lowest BCUT2D eigenvalue weighted by atomic mass is 10.3. The van der Waals surface area contributed by atoms with Crippen molar-refractivity contribution < 1.29 is 0 Å². The van der Waals surface area contributed by atoms with Gasteiger partial charge in [-0.05, 0) is 18.3 Å². The van der Waals surface area contributed by atoms with E-state index in [9.17, 15) is 0 Å². The highest BCUT2D eigenvalue weighted by molar-refractivity contribution is 6.21. The predicted molar refractivity (Wildman–Crippen MR) is 57.5 cm³/mol.